The van der Waals surface area contributed by atoms with Crippen LogP contribution in [0, 0.1) is 20.8 Å². The zero-order chi connectivity index (χ0) is 22.4. The quantitative estimate of drug-likeness (QED) is 0.490. The highest BCUT2D eigenvalue weighted by Crippen LogP contribution is 2.29. The van der Waals surface area contributed by atoms with Gasteiger partial charge in [0.25, 0.3) is 0 Å². The molecule has 1 heterocycles. The topological polar surface area (TPSA) is 87.2 Å². The summed E-state index contributed by atoms with van der Waals surface area (Å²) in [6.45, 7) is 6.09. The minimum absolute atomic E-state index is 0.0111. The maximum atomic E-state index is 12.4. The largest absolute Gasteiger partial charge is 0.336 e. The van der Waals surface area contributed by atoms with Crippen molar-refractivity contribution in [1.82, 2.24) is 15.1 Å². The van der Waals surface area contributed by atoms with Crippen molar-refractivity contribution < 1.29 is 9.59 Å². The molecule has 0 aliphatic rings. The van der Waals surface area contributed by atoms with Crippen molar-refractivity contribution in [3.05, 3.63) is 59.2 Å². The van der Waals surface area contributed by atoms with Crippen molar-refractivity contribution in [3.63, 3.8) is 0 Å². The Balaban J connectivity index is 1.47. The highest BCUT2D eigenvalue weighted by Gasteiger charge is 2.15. The van der Waals surface area contributed by atoms with Crippen LogP contribution in [0.3, 0.4) is 0 Å². The van der Waals surface area contributed by atoms with Crippen LogP contribution in [-0.4, -0.2) is 46.3 Å². The monoisotopic (exact) mass is 455 g/mol. The van der Waals surface area contributed by atoms with Crippen LogP contribution in [0.25, 0.3) is 0 Å². The van der Waals surface area contributed by atoms with Gasteiger partial charge in [-0.05, 0) is 50.1 Å². The van der Waals surface area contributed by atoms with Gasteiger partial charge in [-0.3, -0.25) is 9.59 Å². The molecule has 0 radical (unpaired) electrons. The molecule has 1 aromatic heterocycles. The van der Waals surface area contributed by atoms with E-state index in [1.165, 1.54) is 33.6 Å². The Labute approximate surface area is 190 Å². The summed E-state index contributed by atoms with van der Waals surface area (Å²) >= 11 is 2.70. The molecule has 0 saturated carbocycles. The molecule has 0 aliphatic carbocycles. The Hall–Kier alpha value is -2.91. The van der Waals surface area contributed by atoms with Crippen LogP contribution >= 0.6 is 23.1 Å². The average molecular weight is 456 g/mol. The lowest BCUT2D eigenvalue weighted by atomic mass is 10.1. The summed E-state index contributed by atoms with van der Waals surface area (Å²) in [5.41, 5.74) is 5.18. The van der Waals surface area contributed by atoms with E-state index in [9.17, 15) is 9.59 Å². The Morgan fingerprint density at radius 3 is 2.55 bits per heavy atom. The number of thioether (sulfide) groups is 1. The van der Waals surface area contributed by atoms with Crippen LogP contribution < -0.4 is 10.6 Å². The molecule has 0 spiro atoms. The predicted octanol–water partition coefficient (Wildman–Crippen LogP) is 4.40. The summed E-state index contributed by atoms with van der Waals surface area (Å²) in [5, 5.41) is 15.0. The van der Waals surface area contributed by atoms with Gasteiger partial charge in [-0.25, -0.2) is 0 Å². The molecule has 0 unspecified atom stereocenters. The fourth-order valence-electron chi connectivity index (χ4n) is 2.69. The summed E-state index contributed by atoms with van der Waals surface area (Å²) in [6.07, 6.45) is 0. The van der Waals surface area contributed by atoms with E-state index in [2.05, 4.69) is 40.7 Å². The van der Waals surface area contributed by atoms with Gasteiger partial charge >= 0.3 is 0 Å². The molecule has 2 aromatic carbocycles. The molecule has 0 aliphatic heterocycles. The first-order valence-corrected chi connectivity index (χ1v) is 11.5. The third-order valence-corrected chi connectivity index (χ3v) is 6.67. The first-order valence-electron chi connectivity index (χ1n) is 9.72. The molecule has 3 aromatic rings. The van der Waals surface area contributed by atoms with Crippen molar-refractivity contribution in [1.29, 1.82) is 0 Å². The van der Waals surface area contributed by atoms with E-state index in [-0.39, 0.29) is 24.1 Å². The number of hydrogen-bond acceptors (Lipinski definition) is 7. The Morgan fingerprint density at radius 2 is 1.81 bits per heavy atom. The molecule has 7 nitrogen and oxygen atoms in total. The van der Waals surface area contributed by atoms with Crippen molar-refractivity contribution in [3.8, 4) is 0 Å². The normalized spacial score (nSPS) is 10.6. The van der Waals surface area contributed by atoms with Crippen LogP contribution in [0.15, 0.2) is 46.8 Å². The molecule has 2 amide bonds. The maximum absolute atomic E-state index is 12.4. The van der Waals surface area contributed by atoms with Gasteiger partial charge in [0.2, 0.25) is 16.9 Å². The number of anilines is 3. The number of rotatable bonds is 8. The zero-order valence-corrected chi connectivity index (χ0v) is 19.6. The van der Waals surface area contributed by atoms with Crippen LogP contribution in [0.2, 0.25) is 0 Å². The molecule has 0 fully saturated rings. The highest BCUT2D eigenvalue weighted by molar-refractivity contribution is 8.01. The second kappa shape index (κ2) is 10.4. The molecule has 162 valence electrons. The molecular formula is C22H25N5O2S2. The van der Waals surface area contributed by atoms with Crippen LogP contribution in [0.4, 0.5) is 16.5 Å². The summed E-state index contributed by atoms with van der Waals surface area (Å²) in [6, 6.07) is 13.6. The van der Waals surface area contributed by atoms with E-state index in [0.717, 1.165) is 16.8 Å². The lowest BCUT2D eigenvalue weighted by Crippen LogP contribution is -2.35. The van der Waals surface area contributed by atoms with E-state index in [1.807, 2.05) is 43.3 Å². The van der Waals surface area contributed by atoms with Crippen molar-refractivity contribution in [2.45, 2.75) is 25.1 Å². The number of hydrogen-bond donors (Lipinski definition) is 2. The summed E-state index contributed by atoms with van der Waals surface area (Å²) in [4.78, 5) is 26.0. The number of amides is 2. The van der Waals surface area contributed by atoms with Gasteiger partial charge in [0.1, 0.15) is 0 Å². The first-order chi connectivity index (χ1) is 14.8. The smallest absolute Gasteiger partial charge is 0.243 e. The van der Waals surface area contributed by atoms with Crippen LogP contribution in [0.5, 0.6) is 0 Å². The summed E-state index contributed by atoms with van der Waals surface area (Å²) in [5.74, 6) is -0.198. The van der Waals surface area contributed by atoms with E-state index in [1.54, 1.807) is 7.05 Å². The fraction of sp³-hybridized carbons (Fsp3) is 0.273. The maximum Gasteiger partial charge on any atom is 0.243 e. The van der Waals surface area contributed by atoms with Crippen molar-refractivity contribution >= 4 is 51.4 Å². The number of nitrogens with one attached hydrogen (secondary N) is 2. The molecular weight excluding hydrogens is 430 g/mol. The number of nitrogens with zero attached hydrogens (tertiary/aromatic N) is 3. The Morgan fingerprint density at radius 1 is 1.06 bits per heavy atom. The fourth-order valence-corrected chi connectivity index (χ4v) is 4.40. The number of likely N-dealkylation sites (N-methyl/N-ethyl adjacent to an activating group) is 1. The minimum Gasteiger partial charge on any atom is -0.336 e. The van der Waals surface area contributed by atoms with Crippen molar-refractivity contribution in [2.24, 2.45) is 0 Å². The van der Waals surface area contributed by atoms with E-state index in [0.29, 0.717) is 15.2 Å². The van der Waals surface area contributed by atoms with Gasteiger partial charge in [0.15, 0.2) is 4.34 Å². The molecule has 2 N–H and O–H groups in total. The van der Waals surface area contributed by atoms with Crippen LogP contribution in [-0.2, 0) is 9.59 Å². The Bertz CT molecular complexity index is 1070. The lowest BCUT2D eigenvalue weighted by Gasteiger charge is -2.16. The standard InChI is InChI=1S/C22H25N5O2S2/c1-14-8-10-17(11-9-14)23-19(28)12-27(4)20(29)13-30-22-26-25-21(31-22)24-18-7-5-6-15(2)16(18)3/h5-11H,12-13H2,1-4H3,(H,23,28)(H,24,25). The first kappa shape index (κ1) is 22.8. The summed E-state index contributed by atoms with van der Waals surface area (Å²) < 4.78 is 0.693. The Kier molecular flexibility index (Phi) is 7.64. The molecule has 0 saturated heterocycles. The molecule has 9 heteroatoms. The van der Waals surface area contributed by atoms with E-state index in [4.69, 9.17) is 0 Å². The summed E-state index contributed by atoms with van der Waals surface area (Å²) in [7, 11) is 1.62. The van der Waals surface area contributed by atoms with E-state index >= 15 is 0 Å². The molecule has 0 atom stereocenters. The highest BCUT2D eigenvalue weighted by atomic mass is 32.2. The second-order valence-corrected chi connectivity index (χ2v) is 9.40. The molecule has 0 bridgehead atoms. The van der Waals surface area contributed by atoms with Gasteiger partial charge in [-0.2, -0.15) is 0 Å². The number of carbonyl (C=O) groups is 2. The van der Waals surface area contributed by atoms with Gasteiger partial charge in [0.05, 0.1) is 12.3 Å². The van der Waals surface area contributed by atoms with Gasteiger partial charge in [0, 0.05) is 18.4 Å². The minimum atomic E-state index is -0.236. The number of aromatic nitrogens is 2. The molecule has 31 heavy (non-hydrogen) atoms. The number of carbonyl (C=O) groups excluding carboxylic acids is 2. The number of benzene rings is 2. The van der Waals surface area contributed by atoms with Gasteiger partial charge < -0.3 is 15.5 Å². The average Bonchev–Trinajstić information content (AvgIpc) is 3.18. The number of aryl methyl sites for hydroxylation is 2. The van der Waals surface area contributed by atoms with Crippen LogP contribution in [0.1, 0.15) is 16.7 Å². The predicted molar refractivity (Wildman–Crippen MR) is 127 cm³/mol. The zero-order valence-electron chi connectivity index (χ0n) is 17.9. The van der Waals surface area contributed by atoms with Gasteiger partial charge in [-0.15, -0.1) is 10.2 Å². The van der Waals surface area contributed by atoms with Crippen molar-refractivity contribution in [2.75, 3.05) is 30.0 Å². The third kappa shape index (κ3) is 6.53. The second-order valence-electron chi connectivity index (χ2n) is 7.20. The third-order valence-electron chi connectivity index (χ3n) is 4.71. The van der Waals surface area contributed by atoms with Gasteiger partial charge in [-0.1, -0.05) is 52.9 Å². The SMILES string of the molecule is Cc1ccc(NC(=O)CN(C)C(=O)CSc2nnc(Nc3cccc(C)c3C)s2)cc1. The molecule has 3 rings (SSSR count). The lowest BCUT2D eigenvalue weighted by molar-refractivity contribution is -0.131. The van der Waals surface area contributed by atoms with E-state index < -0.39 is 0 Å².